The zero-order valence-electron chi connectivity index (χ0n) is 11.1. The van der Waals surface area contributed by atoms with Crippen molar-refractivity contribution in [2.24, 2.45) is 0 Å². The van der Waals surface area contributed by atoms with E-state index in [1.165, 1.54) is 0 Å². The average Bonchev–Trinajstić information content (AvgIpc) is 2.59. The number of hydrogen-bond donors (Lipinski definition) is 2. The number of carbonyl (C=O) groups is 1. The van der Waals surface area contributed by atoms with E-state index in [4.69, 9.17) is 0 Å². The lowest BCUT2D eigenvalue weighted by Gasteiger charge is -2.07. The lowest BCUT2D eigenvalue weighted by Crippen LogP contribution is -2.35. The summed E-state index contributed by atoms with van der Waals surface area (Å²) in [5, 5.41) is 10.0. The molecule has 0 saturated carbocycles. The Kier molecular flexibility index (Phi) is 5.00. The Morgan fingerprint density at radius 3 is 2.53 bits per heavy atom. The Morgan fingerprint density at radius 1 is 1.29 bits per heavy atom. The van der Waals surface area contributed by atoms with Gasteiger partial charge in [-0.05, 0) is 27.2 Å². The summed E-state index contributed by atoms with van der Waals surface area (Å²) < 4.78 is 1.95. The van der Waals surface area contributed by atoms with Crippen LogP contribution >= 0.6 is 0 Å². The summed E-state index contributed by atoms with van der Waals surface area (Å²) in [6, 6.07) is -0.116. The second kappa shape index (κ2) is 6.27. The zero-order chi connectivity index (χ0) is 12.8. The highest BCUT2D eigenvalue weighted by Gasteiger charge is 2.11. The standard InChI is InChI=1S/C12H22N4O/c1-5-7-13-12(17)14-8-11-9(3)15-16(6-2)10(11)4/h5-8H2,1-4H3,(H2,13,14,17). The van der Waals surface area contributed by atoms with Gasteiger partial charge in [-0.2, -0.15) is 5.10 Å². The van der Waals surface area contributed by atoms with Gasteiger partial charge in [0.15, 0.2) is 0 Å². The second-order valence-electron chi connectivity index (χ2n) is 4.07. The normalized spacial score (nSPS) is 10.4. The van der Waals surface area contributed by atoms with E-state index in [0.29, 0.717) is 13.1 Å². The minimum absolute atomic E-state index is 0.116. The van der Waals surface area contributed by atoms with Crippen LogP contribution in [0.3, 0.4) is 0 Å². The number of aryl methyl sites for hydroxylation is 2. The van der Waals surface area contributed by atoms with E-state index in [-0.39, 0.29) is 6.03 Å². The molecule has 17 heavy (non-hydrogen) atoms. The Bertz CT molecular complexity index is 384. The van der Waals surface area contributed by atoms with Crippen LogP contribution in [0.2, 0.25) is 0 Å². The summed E-state index contributed by atoms with van der Waals surface area (Å²) in [6.45, 7) is 10.2. The zero-order valence-corrected chi connectivity index (χ0v) is 11.1. The molecule has 2 amide bonds. The van der Waals surface area contributed by atoms with Gasteiger partial charge in [-0.3, -0.25) is 4.68 Å². The molecule has 0 aromatic carbocycles. The largest absolute Gasteiger partial charge is 0.338 e. The Labute approximate surface area is 103 Å². The predicted octanol–water partition coefficient (Wildman–Crippen LogP) is 1.73. The lowest BCUT2D eigenvalue weighted by molar-refractivity contribution is 0.240. The Morgan fingerprint density at radius 2 is 2.00 bits per heavy atom. The third kappa shape index (κ3) is 3.47. The SMILES string of the molecule is CCCNC(=O)NCc1c(C)nn(CC)c1C. The minimum Gasteiger partial charge on any atom is -0.338 e. The van der Waals surface area contributed by atoms with Crippen LogP contribution in [0.25, 0.3) is 0 Å². The molecule has 5 heteroatoms. The molecule has 0 bridgehead atoms. The number of amides is 2. The van der Waals surface area contributed by atoms with Crippen molar-refractivity contribution >= 4 is 6.03 Å². The van der Waals surface area contributed by atoms with Crippen LogP contribution in [-0.2, 0) is 13.1 Å². The highest BCUT2D eigenvalue weighted by atomic mass is 16.2. The molecule has 1 rings (SSSR count). The van der Waals surface area contributed by atoms with E-state index in [1.807, 2.05) is 25.5 Å². The van der Waals surface area contributed by atoms with E-state index >= 15 is 0 Å². The van der Waals surface area contributed by atoms with Gasteiger partial charge in [-0.1, -0.05) is 6.92 Å². The van der Waals surface area contributed by atoms with Crippen molar-refractivity contribution in [1.82, 2.24) is 20.4 Å². The van der Waals surface area contributed by atoms with Crippen molar-refractivity contribution in [3.63, 3.8) is 0 Å². The van der Waals surface area contributed by atoms with Crippen LogP contribution in [-0.4, -0.2) is 22.4 Å². The first-order chi connectivity index (χ1) is 8.10. The van der Waals surface area contributed by atoms with Crippen LogP contribution < -0.4 is 10.6 Å². The molecule has 0 radical (unpaired) electrons. The summed E-state index contributed by atoms with van der Waals surface area (Å²) >= 11 is 0. The number of urea groups is 1. The highest BCUT2D eigenvalue weighted by Crippen LogP contribution is 2.12. The van der Waals surface area contributed by atoms with Crippen LogP contribution in [0.4, 0.5) is 4.79 Å². The molecule has 1 heterocycles. The van der Waals surface area contributed by atoms with E-state index < -0.39 is 0 Å². The smallest absolute Gasteiger partial charge is 0.315 e. The summed E-state index contributed by atoms with van der Waals surface area (Å²) in [7, 11) is 0. The molecule has 2 N–H and O–H groups in total. The van der Waals surface area contributed by atoms with E-state index in [2.05, 4.69) is 22.7 Å². The molecule has 0 spiro atoms. The molecule has 0 atom stereocenters. The van der Waals surface area contributed by atoms with Crippen molar-refractivity contribution in [1.29, 1.82) is 0 Å². The first-order valence-corrected chi connectivity index (χ1v) is 6.14. The molecule has 1 aromatic rings. The fraction of sp³-hybridized carbons (Fsp3) is 0.667. The maximum absolute atomic E-state index is 11.4. The van der Waals surface area contributed by atoms with Gasteiger partial charge in [0.25, 0.3) is 0 Å². The van der Waals surface area contributed by atoms with E-state index in [0.717, 1.165) is 29.9 Å². The average molecular weight is 238 g/mol. The molecule has 96 valence electrons. The molecular weight excluding hydrogens is 216 g/mol. The summed E-state index contributed by atoms with van der Waals surface area (Å²) in [5.74, 6) is 0. The fourth-order valence-electron chi connectivity index (χ4n) is 1.77. The van der Waals surface area contributed by atoms with E-state index in [9.17, 15) is 4.79 Å². The lowest BCUT2D eigenvalue weighted by atomic mass is 10.2. The van der Waals surface area contributed by atoms with Gasteiger partial charge in [0.05, 0.1) is 5.69 Å². The van der Waals surface area contributed by atoms with Crippen LogP contribution in [0.15, 0.2) is 0 Å². The minimum atomic E-state index is -0.116. The van der Waals surface area contributed by atoms with Gasteiger partial charge in [0.1, 0.15) is 0 Å². The monoisotopic (exact) mass is 238 g/mol. The third-order valence-electron chi connectivity index (χ3n) is 2.79. The maximum Gasteiger partial charge on any atom is 0.315 e. The number of rotatable bonds is 5. The van der Waals surface area contributed by atoms with Crippen LogP contribution in [0.1, 0.15) is 37.2 Å². The molecular formula is C12H22N4O. The third-order valence-corrected chi connectivity index (χ3v) is 2.79. The van der Waals surface area contributed by atoms with Crippen molar-refractivity contribution in [3.05, 3.63) is 17.0 Å². The Balaban J connectivity index is 2.57. The van der Waals surface area contributed by atoms with Crippen molar-refractivity contribution in [2.75, 3.05) is 6.54 Å². The van der Waals surface area contributed by atoms with Gasteiger partial charge >= 0.3 is 6.03 Å². The van der Waals surface area contributed by atoms with Gasteiger partial charge < -0.3 is 10.6 Å². The highest BCUT2D eigenvalue weighted by molar-refractivity contribution is 5.73. The first-order valence-electron chi connectivity index (χ1n) is 6.14. The first kappa shape index (κ1) is 13.5. The molecule has 1 aromatic heterocycles. The van der Waals surface area contributed by atoms with Crippen molar-refractivity contribution < 1.29 is 4.79 Å². The maximum atomic E-state index is 11.4. The molecule has 0 saturated heterocycles. The quantitative estimate of drug-likeness (QED) is 0.820. The fourth-order valence-corrected chi connectivity index (χ4v) is 1.77. The Hall–Kier alpha value is -1.52. The summed E-state index contributed by atoms with van der Waals surface area (Å²) in [6.07, 6.45) is 0.944. The second-order valence-corrected chi connectivity index (χ2v) is 4.07. The van der Waals surface area contributed by atoms with Crippen LogP contribution in [0.5, 0.6) is 0 Å². The van der Waals surface area contributed by atoms with Crippen LogP contribution in [0, 0.1) is 13.8 Å². The van der Waals surface area contributed by atoms with Crippen molar-refractivity contribution in [2.45, 2.75) is 47.2 Å². The summed E-state index contributed by atoms with van der Waals surface area (Å²) in [4.78, 5) is 11.4. The molecule has 0 aliphatic rings. The number of aromatic nitrogens is 2. The summed E-state index contributed by atoms with van der Waals surface area (Å²) in [5.41, 5.74) is 3.22. The molecule has 0 fully saturated rings. The molecule has 0 aliphatic heterocycles. The number of nitrogens with zero attached hydrogens (tertiary/aromatic N) is 2. The van der Waals surface area contributed by atoms with Gasteiger partial charge in [0, 0.05) is 30.9 Å². The molecule has 0 unspecified atom stereocenters. The number of carbonyl (C=O) groups excluding carboxylic acids is 1. The van der Waals surface area contributed by atoms with Crippen molar-refractivity contribution in [3.8, 4) is 0 Å². The predicted molar refractivity (Wildman–Crippen MR) is 67.9 cm³/mol. The van der Waals surface area contributed by atoms with Gasteiger partial charge in [-0.25, -0.2) is 4.79 Å². The number of hydrogen-bond acceptors (Lipinski definition) is 2. The van der Waals surface area contributed by atoms with E-state index in [1.54, 1.807) is 0 Å². The molecule has 5 nitrogen and oxygen atoms in total. The molecule has 0 aliphatic carbocycles. The van der Waals surface area contributed by atoms with Gasteiger partial charge in [-0.15, -0.1) is 0 Å². The topological polar surface area (TPSA) is 59.0 Å². The number of nitrogens with one attached hydrogen (secondary N) is 2. The van der Waals surface area contributed by atoms with Gasteiger partial charge in [0.2, 0.25) is 0 Å².